The highest BCUT2D eigenvalue weighted by atomic mass is 19.1. The normalized spacial score (nSPS) is 9.76. The first-order valence-electron chi connectivity index (χ1n) is 5.52. The van der Waals surface area contributed by atoms with E-state index in [1.807, 2.05) is 13.0 Å². The van der Waals surface area contributed by atoms with Gasteiger partial charge in [0.25, 0.3) is 5.91 Å². The van der Waals surface area contributed by atoms with Gasteiger partial charge in [-0.25, -0.2) is 4.39 Å². The lowest BCUT2D eigenvalue weighted by molar-refractivity contribution is 0.0767. The van der Waals surface area contributed by atoms with Gasteiger partial charge in [0.15, 0.2) is 0 Å². The highest BCUT2D eigenvalue weighted by Crippen LogP contribution is 2.11. The van der Waals surface area contributed by atoms with Crippen molar-refractivity contribution in [2.45, 2.75) is 20.3 Å². The minimum absolute atomic E-state index is 0.231. The molecular formula is C13H15FN2O. The number of carbonyl (C=O) groups is 1. The largest absolute Gasteiger partial charge is 0.338 e. The van der Waals surface area contributed by atoms with Gasteiger partial charge < -0.3 is 4.90 Å². The van der Waals surface area contributed by atoms with Gasteiger partial charge in [-0.15, -0.1) is 0 Å². The second-order valence-corrected chi connectivity index (χ2v) is 3.81. The van der Waals surface area contributed by atoms with Gasteiger partial charge in [0.05, 0.1) is 12.5 Å². The smallest absolute Gasteiger partial charge is 0.253 e. The summed E-state index contributed by atoms with van der Waals surface area (Å²) in [6.07, 6.45) is 0.286. The second-order valence-electron chi connectivity index (χ2n) is 3.81. The average molecular weight is 234 g/mol. The van der Waals surface area contributed by atoms with Crippen molar-refractivity contribution < 1.29 is 9.18 Å². The molecule has 0 atom stereocenters. The average Bonchev–Trinajstić information content (AvgIpc) is 2.28. The Morgan fingerprint density at radius 2 is 2.18 bits per heavy atom. The van der Waals surface area contributed by atoms with Gasteiger partial charge in [-0.05, 0) is 37.6 Å². The molecule has 0 aliphatic heterocycles. The summed E-state index contributed by atoms with van der Waals surface area (Å²) in [6, 6.07) is 6.25. The molecular weight excluding hydrogens is 219 g/mol. The maximum atomic E-state index is 13.2. The number of aryl methyl sites for hydroxylation is 1. The molecule has 4 heteroatoms. The minimum atomic E-state index is -0.412. The number of carbonyl (C=O) groups excluding carboxylic acids is 1. The molecule has 1 aromatic rings. The molecule has 0 heterocycles. The standard InChI is InChI=1S/C13H15FN2O/c1-3-16(6-4-5-15)13(17)11-7-10(2)8-12(14)9-11/h7-9H,3-4,6H2,1-2H3. The molecule has 0 N–H and O–H groups in total. The van der Waals surface area contributed by atoms with Crippen LogP contribution in [0.2, 0.25) is 0 Å². The minimum Gasteiger partial charge on any atom is -0.338 e. The first-order chi connectivity index (χ1) is 8.08. The molecule has 0 radical (unpaired) electrons. The van der Waals surface area contributed by atoms with E-state index in [2.05, 4.69) is 0 Å². The number of amides is 1. The summed E-state index contributed by atoms with van der Waals surface area (Å²) in [6.45, 7) is 4.46. The number of hydrogen-bond acceptors (Lipinski definition) is 2. The number of rotatable bonds is 4. The van der Waals surface area contributed by atoms with Crippen LogP contribution < -0.4 is 0 Å². The zero-order chi connectivity index (χ0) is 12.8. The van der Waals surface area contributed by atoms with E-state index in [-0.39, 0.29) is 12.3 Å². The molecule has 1 rings (SSSR count). The van der Waals surface area contributed by atoms with Gasteiger partial charge in [0.2, 0.25) is 0 Å². The quantitative estimate of drug-likeness (QED) is 0.803. The van der Waals surface area contributed by atoms with E-state index in [0.29, 0.717) is 24.2 Å². The number of hydrogen-bond donors (Lipinski definition) is 0. The Bertz CT molecular complexity index is 431. The Labute approximate surface area is 100 Å². The van der Waals surface area contributed by atoms with Crippen molar-refractivity contribution in [3.63, 3.8) is 0 Å². The molecule has 1 amide bonds. The van der Waals surface area contributed by atoms with Crippen molar-refractivity contribution in [2.75, 3.05) is 13.1 Å². The highest BCUT2D eigenvalue weighted by molar-refractivity contribution is 5.94. The molecule has 0 spiro atoms. The van der Waals surface area contributed by atoms with Crippen molar-refractivity contribution in [3.05, 3.63) is 35.1 Å². The Balaban J connectivity index is 2.90. The van der Waals surface area contributed by atoms with Gasteiger partial charge in [0.1, 0.15) is 5.82 Å². The molecule has 0 unspecified atom stereocenters. The van der Waals surface area contributed by atoms with Crippen LogP contribution in [0, 0.1) is 24.1 Å². The molecule has 0 bridgehead atoms. The van der Waals surface area contributed by atoms with E-state index < -0.39 is 5.82 Å². The van der Waals surface area contributed by atoms with Crippen LogP contribution in [0.4, 0.5) is 4.39 Å². The number of nitriles is 1. The lowest BCUT2D eigenvalue weighted by Gasteiger charge is -2.19. The van der Waals surface area contributed by atoms with E-state index in [9.17, 15) is 9.18 Å². The van der Waals surface area contributed by atoms with Crippen LogP contribution in [-0.2, 0) is 0 Å². The van der Waals surface area contributed by atoms with Crippen LogP contribution >= 0.6 is 0 Å². The topological polar surface area (TPSA) is 44.1 Å². The molecule has 0 aromatic heterocycles. The van der Waals surface area contributed by atoms with Crippen LogP contribution in [-0.4, -0.2) is 23.9 Å². The van der Waals surface area contributed by atoms with Crippen LogP contribution in [0.3, 0.4) is 0 Å². The Morgan fingerprint density at radius 1 is 1.47 bits per heavy atom. The zero-order valence-corrected chi connectivity index (χ0v) is 10.0. The van der Waals surface area contributed by atoms with Crippen molar-refractivity contribution in [1.29, 1.82) is 5.26 Å². The van der Waals surface area contributed by atoms with Crippen LogP contribution in [0.1, 0.15) is 29.3 Å². The molecule has 0 fully saturated rings. The summed E-state index contributed by atoms with van der Waals surface area (Å²) >= 11 is 0. The lowest BCUT2D eigenvalue weighted by atomic mass is 10.1. The number of benzene rings is 1. The van der Waals surface area contributed by atoms with E-state index in [1.165, 1.54) is 17.0 Å². The first kappa shape index (κ1) is 13.2. The first-order valence-corrected chi connectivity index (χ1v) is 5.52. The van der Waals surface area contributed by atoms with E-state index >= 15 is 0 Å². The van der Waals surface area contributed by atoms with Gasteiger partial charge in [-0.3, -0.25) is 4.79 Å². The van der Waals surface area contributed by atoms with Gasteiger partial charge in [0, 0.05) is 18.7 Å². The Hall–Kier alpha value is -1.89. The summed E-state index contributed by atoms with van der Waals surface area (Å²) in [5, 5.41) is 8.50. The Kier molecular flexibility index (Phi) is 4.65. The summed E-state index contributed by atoms with van der Waals surface area (Å²) in [5.41, 5.74) is 1.05. The molecule has 3 nitrogen and oxygen atoms in total. The maximum absolute atomic E-state index is 13.2. The molecule has 90 valence electrons. The lowest BCUT2D eigenvalue weighted by Crippen LogP contribution is -2.31. The van der Waals surface area contributed by atoms with Crippen molar-refractivity contribution >= 4 is 5.91 Å². The van der Waals surface area contributed by atoms with E-state index in [4.69, 9.17) is 5.26 Å². The predicted octanol–water partition coefficient (Wildman–Crippen LogP) is 2.51. The van der Waals surface area contributed by atoms with Crippen LogP contribution in [0.5, 0.6) is 0 Å². The van der Waals surface area contributed by atoms with Gasteiger partial charge >= 0.3 is 0 Å². The fourth-order valence-electron chi connectivity index (χ4n) is 1.63. The summed E-state index contributed by atoms with van der Waals surface area (Å²) in [5.74, 6) is -0.643. The van der Waals surface area contributed by atoms with Crippen molar-refractivity contribution in [2.24, 2.45) is 0 Å². The van der Waals surface area contributed by atoms with Crippen LogP contribution in [0.15, 0.2) is 18.2 Å². The fraction of sp³-hybridized carbons (Fsp3) is 0.385. The van der Waals surface area contributed by atoms with Crippen LogP contribution in [0.25, 0.3) is 0 Å². The Morgan fingerprint density at radius 3 is 2.71 bits per heavy atom. The predicted molar refractivity (Wildman–Crippen MR) is 62.9 cm³/mol. The summed E-state index contributed by atoms with van der Waals surface area (Å²) < 4.78 is 13.2. The third-order valence-corrected chi connectivity index (χ3v) is 2.45. The van der Waals surface area contributed by atoms with Crippen molar-refractivity contribution in [1.82, 2.24) is 4.90 Å². The monoisotopic (exact) mass is 234 g/mol. The molecule has 0 saturated carbocycles. The van der Waals surface area contributed by atoms with Crippen molar-refractivity contribution in [3.8, 4) is 6.07 Å². The number of nitrogens with zero attached hydrogens (tertiary/aromatic N) is 2. The summed E-state index contributed by atoms with van der Waals surface area (Å²) in [7, 11) is 0. The third-order valence-electron chi connectivity index (χ3n) is 2.45. The van der Waals surface area contributed by atoms with Gasteiger partial charge in [-0.2, -0.15) is 5.26 Å². The maximum Gasteiger partial charge on any atom is 0.253 e. The fourth-order valence-corrected chi connectivity index (χ4v) is 1.63. The number of halogens is 1. The summed E-state index contributed by atoms with van der Waals surface area (Å²) in [4.78, 5) is 13.6. The molecule has 17 heavy (non-hydrogen) atoms. The molecule has 0 saturated heterocycles. The van der Waals surface area contributed by atoms with E-state index in [1.54, 1.807) is 13.0 Å². The zero-order valence-electron chi connectivity index (χ0n) is 10.0. The van der Waals surface area contributed by atoms with Gasteiger partial charge in [-0.1, -0.05) is 0 Å². The SMILES string of the molecule is CCN(CCC#N)C(=O)c1cc(C)cc(F)c1. The molecule has 0 aliphatic rings. The third kappa shape index (κ3) is 3.56. The molecule has 0 aliphatic carbocycles. The highest BCUT2D eigenvalue weighted by Gasteiger charge is 2.14. The second kappa shape index (κ2) is 6.00. The molecule has 1 aromatic carbocycles. The van der Waals surface area contributed by atoms with E-state index in [0.717, 1.165) is 0 Å².